The molecule has 0 saturated carbocycles. The molecule has 1 amide bonds. The molecule has 0 aliphatic heterocycles. The minimum Gasteiger partial charge on any atom is -0.478 e. The summed E-state index contributed by atoms with van der Waals surface area (Å²) in [4.78, 5) is 28.0. The number of aliphatic carboxylic acids is 1. The second kappa shape index (κ2) is 11.8. The van der Waals surface area contributed by atoms with Gasteiger partial charge in [-0.1, -0.05) is 54.1 Å². The molecule has 0 aromatic heterocycles. The average Bonchev–Trinajstić information content (AvgIpc) is 2.91. The third-order valence-electron chi connectivity index (χ3n) is 6.00. The molecule has 7 heteroatoms. The second-order valence-corrected chi connectivity index (χ2v) is 9.33. The van der Waals surface area contributed by atoms with Gasteiger partial charge in [-0.2, -0.15) is 0 Å². The minimum absolute atomic E-state index is 0.0813. The normalized spacial score (nSPS) is 10.9. The smallest absolute Gasteiger partial charge is 0.328 e. The molecule has 0 saturated heterocycles. The van der Waals surface area contributed by atoms with Crippen LogP contribution in [-0.4, -0.2) is 31.1 Å². The molecular weight excluding hydrogens is 503 g/mol. The Bertz CT molecular complexity index is 1490. The lowest BCUT2D eigenvalue weighted by molar-refractivity contribution is -0.131. The van der Waals surface area contributed by atoms with Crippen LogP contribution in [0.4, 0.5) is 15.8 Å². The van der Waals surface area contributed by atoms with Crippen LogP contribution in [0.2, 0.25) is 5.02 Å². The van der Waals surface area contributed by atoms with Gasteiger partial charge in [0.05, 0.1) is 6.54 Å². The molecule has 0 unspecified atom stereocenters. The van der Waals surface area contributed by atoms with Crippen LogP contribution in [0.3, 0.4) is 0 Å². The zero-order valence-corrected chi connectivity index (χ0v) is 21.7. The molecule has 4 rings (SSSR count). The zero-order valence-electron chi connectivity index (χ0n) is 20.9. The number of carboxylic acids is 1. The predicted octanol–water partition coefficient (Wildman–Crippen LogP) is 7.16. The molecule has 4 aromatic carbocycles. The Morgan fingerprint density at radius 3 is 2.18 bits per heavy atom. The van der Waals surface area contributed by atoms with E-state index in [4.69, 9.17) is 16.7 Å². The maximum Gasteiger partial charge on any atom is 0.328 e. The van der Waals surface area contributed by atoms with Crippen molar-refractivity contribution < 1.29 is 19.1 Å². The van der Waals surface area contributed by atoms with Gasteiger partial charge in [0.25, 0.3) is 5.91 Å². The Kier molecular flexibility index (Phi) is 8.24. The van der Waals surface area contributed by atoms with E-state index >= 15 is 0 Å². The minimum atomic E-state index is -1.16. The van der Waals surface area contributed by atoms with Crippen molar-refractivity contribution in [3.05, 3.63) is 125 Å². The predicted molar refractivity (Wildman–Crippen MR) is 151 cm³/mol. The van der Waals surface area contributed by atoms with Crippen LogP contribution in [0, 0.1) is 5.82 Å². The van der Waals surface area contributed by atoms with Crippen molar-refractivity contribution in [3.8, 4) is 11.1 Å². The van der Waals surface area contributed by atoms with Gasteiger partial charge in [-0.25, -0.2) is 9.18 Å². The highest BCUT2D eigenvalue weighted by Crippen LogP contribution is 2.30. The summed E-state index contributed by atoms with van der Waals surface area (Å²) in [6.07, 6.45) is 2.20. The van der Waals surface area contributed by atoms with Crippen LogP contribution in [0.25, 0.3) is 17.2 Å². The summed E-state index contributed by atoms with van der Waals surface area (Å²) >= 11 is 6.69. The number of halogens is 2. The van der Waals surface area contributed by atoms with Crippen molar-refractivity contribution in [3.63, 3.8) is 0 Å². The molecular formula is C31H26ClFN2O3. The van der Waals surface area contributed by atoms with Gasteiger partial charge in [0.15, 0.2) is 0 Å². The Hall–Kier alpha value is -4.42. The number of anilines is 2. The molecule has 5 nitrogen and oxygen atoms in total. The fraction of sp³-hybridized carbons (Fsp3) is 0.0968. The molecule has 0 bridgehead atoms. The molecule has 0 fully saturated rings. The Morgan fingerprint density at radius 1 is 0.868 bits per heavy atom. The number of amides is 1. The van der Waals surface area contributed by atoms with E-state index in [-0.39, 0.29) is 18.1 Å². The fourth-order valence-electron chi connectivity index (χ4n) is 4.01. The first-order valence-corrected chi connectivity index (χ1v) is 12.2. The van der Waals surface area contributed by atoms with Gasteiger partial charge in [0.1, 0.15) is 5.82 Å². The van der Waals surface area contributed by atoms with Crippen molar-refractivity contribution in [2.24, 2.45) is 0 Å². The van der Waals surface area contributed by atoms with Crippen LogP contribution < -0.4 is 9.80 Å². The molecule has 0 radical (unpaired) electrons. The summed E-state index contributed by atoms with van der Waals surface area (Å²) < 4.78 is 14.6. The highest BCUT2D eigenvalue weighted by Gasteiger charge is 2.21. The summed E-state index contributed by atoms with van der Waals surface area (Å²) in [5, 5.41) is 9.43. The molecule has 38 heavy (non-hydrogen) atoms. The van der Waals surface area contributed by atoms with Crippen molar-refractivity contribution >= 4 is 40.9 Å². The van der Waals surface area contributed by atoms with E-state index in [1.165, 1.54) is 23.1 Å². The number of benzene rings is 4. The Balaban J connectivity index is 1.70. The third-order valence-corrected chi connectivity index (χ3v) is 6.35. The van der Waals surface area contributed by atoms with Crippen LogP contribution in [-0.2, 0) is 11.3 Å². The van der Waals surface area contributed by atoms with Crippen molar-refractivity contribution in [2.45, 2.75) is 6.54 Å². The number of hydrogen-bond acceptors (Lipinski definition) is 3. The highest BCUT2D eigenvalue weighted by atomic mass is 35.5. The van der Waals surface area contributed by atoms with Gasteiger partial charge in [-0.05, 0) is 76.9 Å². The quantitative estimate of drug-likeness (QED) is 0.246. The Labute approximate surface area is 226 Å². The molecule has 0 atom stereocenters. The summed E-state index contributed by atoms with van der Waals surface area (Å²) in [5.74, 6) is -2.10. The van der Waals surface area contributed by atoms with Crippen molar-refractivity contribution in [1.82, 2.24) is 0 Å². The molecule has 0 aliphatic carbocycles. The van der Waals surface area contributed by atoms with Crippen molar-refractivity contribution in [2.75, 3.05) is 23.9 Å². The van der Waals surface area contributed by atoms with Crippen LogP contribution in [0.1, 0.15) is 21.5 Å². The van der Waals surface area contributed by atoms with Gasteiger partial charge in [0, 0.05) is 42.1 Å². The lowest BCUT2D eigenvalue weighted by Gasteiger charge is -2.24. The van der Waals surface area contributed by atoms with E-state index in [2.05, 4.69) is 0 Å². The standard InChI is InChI=1S/C31H26ClFN2O3/c1-34(2)27-13-11-22(12-14-27)24-9-10-25(29(32)18-24)20-35(31(38)23-6-4-3-5-7-23)28-17-21(8-15-30(36)37)16-26(33)19-28/h3-19H,20H2,1-2H3,(H,36,37). The number of carbonyl (C=O) groups is 2. The van der Waals surface area contributed by atoms with Gasteiger partial charge in [-0.15, -0.1) is 0 Å². The first-order valence-electron chi connectivity index (χ1n) is 11.9. The lowest BCUT2D eigenvalue weighted by Crippen LogP contribution is -2.30. The molecule has 1 N–H and O–H groups in total. The number of hydrogen-bond donors (Lipinski definition) is 1. The number of nitrogens with zero attached hydrogens (tertiary/aromatic N) is 2. The van der Waals surface area contributed by atoms with E-state index in [9.17, 15) is 14.0 Å². The summed E-state index contributed by atoms with van der Waals surface area (Å²) in [6.45, 7) is 0.0813. The topological polar surface area (TPSA) is 60.9 Å². The van der Waals surface area contributed by atoms with Crippen LogP contribution >= 0.6 is 11.6 Å². The SMILES string of the molecule is CN(C)c1ccc(-c2ccc(CN(C(=O)c3ccccc3)c3cc(F)cc(C=CC(=O)O)c3)c(Cl)c2)cc1. The van der Waals surface area contributed by atoms with E-state index in [1.54, 1.807) is 36.4 Å². The van der Waals surface area contributed by atoms with E-state index in [0.717, 1.165) is 22.9 Å². The maximum atomic E-state index is 14.6. The van der Waals surface area contributed by atoms with Gasteiger partial charge in [0.2, 0.25) is 0 Å². The third kappa shape index (κ3) is 6.47. The largest absolute Gasteiger partial charge is 0.478 e. The molecule has 0 heterocycles. The van der Waals surface area contributed by atoms with Crippen molar-refractivity contribution in [1.29, 1.82) is 0 Å². The fourth-order valence-corrected chi connectivity index (χ4v) is 4.25. The maximum absolute atomic E-state index is 14.6. The van der Waals surface area contributed by atoms with Gasteiger partial charge < -0.3 is 14.9 Å². The lowest BCUT2D eigenvalue weighted by atomic mass is 10.0. The summed E-state index contributed by atoms with van der Waals surface area (Å²) in [6, 6.07) is 26.4. The first-order chi connectivity index (χ1) is 18.2. The number of carboxylic acid groups (broad SMARTS) is 1. The van der Waals surface area contributed by atoms with Crippen LogP contribution in [0.15, 0.2) is 97.1 Å². The van der Waals surface area contributed by atoms with E-state index < -0.39 is 11.8 Å². The first kappa shape index (κ1) is 26.6. The Morgan fingerprint density at radius 2 is 1.55 bits per heavy atom. The molecule has 0 spiro atoms. The number of carbonyl (C=O) groups excluding carboxylic acids is 1. The van der Waals surface area contributed by atoms with Crippen LogP contribution in [0.5, 0.6) is 0 Å². The molecule has 0 aliphatic rings. The monoisotopic (exact) mass is 528 g/mol. The molecule has 192 valence electrons. The van der Waals surface area contributed by atoms with Gasteiger partial charge >= 0.3 is 5.97 Å². The number of rotatable bonds is 8. The summed E-state index contributed by atoms with van der Waals surface area (Å²) in [7, 11) is 3.96. The summed E-state index contributed by atoms with van der Waals surface area (Å²) in [5.41, 5.74) is 4.71. The highest BCUT2D eigenvalue weighted by molar-refractivity contribution is 6.31. The average molecular weight is 529 g/mol. The molecule has 4 aromatic rings. The van der Waals surface area contributed by atoms with E-state index in [0.29, 0.717) is 21.7 Å². The van der Waals surface area contributed by atoms with E-state index in [1.807, 2.05) is 61.5 Å². The second-order valence-electron chi connectivity index (χ2n) is 8.92. The zero-order chi connectivity index (χ0) is 27.2. The van der Waals surface area contributed by atoms with Gasteiger partial charge in [-0.3, -0.25) is 4.79 Å².